The summed E-state index contributed by atoms with van der Waals surface area (Å²) in [4.78, 5) is 2.25. The lowest BCUT2D eigenvalue weighted by molar-refractivity contribution is -0.0396. The molecule has 0 saturated heterocycles. The number of phenolic OH excluding ortho intramolecular Hbond substituents is 1. The number of nitrogens with one attached hydrogen (secondary N) is 1. The average Bonchev–Trinajstić information content (AvgIpc) is 3.33. The normalized spacial score (nSPS) is 27.5. The predicted molar refractivity (Wildman–Crippen MR) is 187 cm³/mol. The van der Waals surface area contributed by atoms with E-state index in [2.05, 4.69) is 47.5 Å². The molecule has 6 heteroatoms. The summed E-state index contributed by atoms with van der Waals surface area (Å²) < 4.78 is 0. The average molecular weight is 644 g/mol. The Morgan fingerprint density at radius 2 is 1.61 bits per heavy atom. The molecule has 0 aromatic heterocycles. The number of benzene rings is 2. The number of aryl methyl sites for hydroxylation is 1. The smallest absolute Gasteiger partial charge is 0.115 e. The number of nitrogens with zero attached hydrogens (tertiary/aromatic N) is 1. The first kappa shape index (κ1) is 33.9. The van der Waals surface area contributed by atoms with Crippen molar-refractivity contribution >= 4 is 28.9 Å². The molecule has 5 rings (SSSR count). The van der Waals surface area contributed by atoms with E-state index in [0.29, 0.717) is 41.2 Å². The van der Waals surface area contributed by atoms with Crippen molar-refractivity contribution in [2.45, 2.75) is 102 Å². The van der Waals surface area contributed by atoms with E-state index in [4.69, 9.17) is 23.2 Å². The second kappa shape index (κ2) is 16.4. The number of halogens is 2. The third-order valence-corrected chi connectivity index (χ3v) is 11.9. The second-order valence-corrected chi connectivity index (χ2v) is 15.0. The number of alkyl halides is 2. The standard InChI is InChI=1S/C38H56Cl2N2O2/c1-38-19-18-34-33-15-14-32(43)27-30(33)26-29(37(34)35(38)16-17-36(38)44)9-4-2-3-6-22-41-23-7-5-8-28-10-12-31(13-11-28)42(24-20-39)25-21-40/h10-15,27,29,34-37,41,43-44H,2-9,16-26H2,1H3/t29-,34?,35?,36+,37?,38+/m1/s1. The van der Waals surface area contributed by atoms with Crippen LogP contribution in [0, 0.1) is 23.2 Å². The highest BCUT2D eigenvalue weighted by Gasteiger charge is 2.56. The monoisotopic (exact) mass is 642 g/mol. The first-order chi connectivity index (χ1) is 21.4. The maximum Gasteiger partial charge on any atom is 0.115 e. The van der Waals surface area contributed by atoms with Crippen LogP contribution in [0.3, 0.4) is 0 Å². The van der Waals surface area contributed by atoms with Gasteiger partial charge in [-0.25, -0.2) is 0 Å². The Bertz CT molecular complexity index is 1150. The number of anilines is 1. The molecule has 0 amide bonds. The lowest BCUT2D eigenvalue weighted by Gasteiger charge is -2.53. The molecular formula is C38H56Cl2N2O2. The maximum absolute atomic E-state index is 10.9. The minimum Gasteiger partial charge on any atom is -0.508 e. The molecule has 2 aromatic carbocycles. The molecule has 4 nitrogen and oxygen atoms in total. The summed E-state index contributed by atoms with van der Waals surface area (Å²) in [5.74, 6) is 4.23. The second-order valence-electron chi connectivity index (χ2n) is 14.2. The van der Waals surface area contributed by atoms with Crippen molar-refractivity contribution in [2.75, 3.05) is 42.8 Å². The third kappa shape index (κ3) is 8.08. The number of fused-ring (bicyclic) bond motifs is 5. The molecule has 0 radical (unpaired) electrons. The van der Waals surface area contributed by atoms with Gasteiger partial charge in [0.2, 0.25) is 0 Å². The summed E-state index contributed by atoms with van der Waals surface area (Å²) in [6.45, 7) is 6.24. The van der Waals surface area contributed by atoms with Gasteiger partial charge in [-0.05, 0) is 147 Å². The molecule has 44 heavy (non-hydrogen) atoms. The van der Waals surface area contributed by atoms with Gasteiger partial charge in [-0.15, -0.1) is 23.2 Å². The lowest BCUT2D eigenvalue weighted by Crippen LogP contribution is -2.47. The van der Waals surface area contributed by atoms with Crippen molar-refractivity contribution in [1.82, 2.24) is 5.32 Å². The van der Waals surface area contributed by atoms with Crippen molar-refractivity contribution < 1.29 is 10.2 Å². The third-order valence-electron chi connectivity index (χ3n) is 11.6. The topological polar surface area (TPSA) is 55.7 Å². The number of phenols is 1. The summed E-state index contributed by atoms with van der Waals surface area (Å²) >= 11 is 11.9. The van der Waals surface area contributed by atoms with E-state index < -0.39 is 0 Å². The number of aromatic hydroxyl groups is 1. The fourth-order valence-electron chi connectivity index (χ4n) is 9.19. The summed E-state index contributed by atoms with van der Waals surface area (Å²) in [6, 6.07) is 15.0. The van der Waals surface area contributed by atoms with Crippen molar-refractivity contribution in [1.29, 1.82) is 0 Å². The van der Waals surface area contributed by atoms with Crippen LogP contribution in [0.15, 0.2) is 42.5 Å². The van der Waals surface area contributed by atoms with Gasteiger partial charge < -0.3 is 20.4 Å². The predicted octanol–water partition coefficient (Wildman–Crippen LogP) is 8.68. The largest absolute Gasteiger partial charge is 0.508 e. The zero-order valence-electron chi connectivity index (χ0n) is 27.0. The Morgan fingerprint density at radius 3 is 2.36 bits per heavy atom. The fraction of sp³-hybridized carbons (Fsp3) is 0.684. The molecule has 3 aliphatic rings. The minimum atomic E-state index is -0.131. The maximum atomic E-state index is 10.9. The Hall–Kier alpha value is -1.46. The SMILES string of the molecule is C[C@]12CCC3c4ccc(O)cc4C[C@@H](CCCCCCNCCCCc4ccc(N(CCCl)CCCl)cc4)C3C1CC[C@@H]2O. The zero-order chi connectivity index (χ0) is 30.9. The molecule has 2 fully saturated rings. The minimum absolute atomic E-state index is 0.0978. The number of aliphatic hydroxyl groups excluding tert-OH is 1. The summed E-state index contributed by atoms with van der Waals surface area (Å²) in [5.41, 5.74) is 5.58. The summed E-state index contributed by atoms with van der Waals surface area (Å²) in [7, 11) is 0. The van der Waals surface area contributed by atoms with Crippen molar-refractivity contribution in [3.8, 4) is 5.75 Å². The molecule has 3 N–H and O–H groups in total. The van der Waals surface area contributed by atoms with Gasteiger partial charge in [-0.1, -0.05) is 44.4 Å². The van der Waals surface area contributed by atoms with Crippen LogP contribution < -0.4 is 10.2 Å². The van der Waals surface area contributed by atoms with Crippen molar-refractivity contribution in [3.05, 3.63) is 59.2 Å². The van der Waals surface area contributed by atoms with Crippen LogP contribution >= 0.6 is 23.2 Å². The van der Waals surface area contributed by atoms with Gasteiger partial charge in [0.15, 0.2) is 0 Å². The summed E-state index contributed by atoms with van der Waals surface area (Å²) in [6.07, 6.45) is 15.4. The van der Waals surface area contributed by atoms with Crippen LogP contribution in [0.1, 0.15) is 100 Å². The van der Waals surface area contributed by atoms with E-state index >= 15 is 0 Å². The van der Waals surface area contributed by atoms with E-state index in [9.17, 15) is 10.2 Å². The molecular weight excluding hydrogens is 587 g/mol. The van der Waals surface area contributed by atoms with Crippen LogP contribution in [0.4, 0.5) is 5.69 Å². The Morgan fingerprint density at radius 1 is 0.886 bits per heavy atom. The van der Waals surface area contributed by atoms with Gasteiger partial charge in [-0.2, -0.15) is 0 Å². The first-order valence-corrected chi connectivity index (χ1v) is 18.7. The molecule has 0 spiro atoms. The van der Waals surface area contributed by atoms with Crippen LogP contribution in [0.25, 0.3) is 0 Å². The number of unbranched alkanes of at least 4 members (excludes halogenated alkanes) is 4. The van der Waals surface area contributed by atoms with Crippen LogP contribution in [0.2, 0.25) is 0 Å². The number of aliphatic hydroxyl groups is 1. The molecule has 2 aromatic rings. The van der Waals surface area contributed by atoms with Gasteiger partial charge in [0.25, 0.3) is 0 Å². The highest BCUT2D eigenvalue weighted by atomic mass is 35.5. The number of hydrogen-bond donors (Lipinski definition) is 3. The Balaban J connectivity index is 0.980. The van der Waals surface area contributed by atoms with Crippen molar-refractivity contribution in [3.63, 3.8) is 0 Å². The highest BCUT2D eigenvalue weighted by molar-refractivity contribution is 6.18. The molecule has 0 bridgehead atoms. The van der Waals surface area contributed by atoms with Gasteiger partial charge >= 0.3 is 0 Å². The van der Waals surface area contributed by atoms with Crippen molar-refractivity contribution in [2.24, 2.45) is 23.2 Å². The van der Waals surface area contributed by atoms with Crippen LogP contribution in [-0.4, -0.2) is 54.3 Å². The first-order valence-electron chi connectivity index (χ1n) is 17.6. The summed E-state index contributed by atoms with van der Waals surface area (Å²) in [5, 5.41) is 24.8. The molecule has 3 unspecified atom stereocenters. The van der Waals surface area contributed by atoms with Gasteiger partial charge in [0.05, 0.1) is 6.10 Å². The van der Waals surface area contributed by atoms with E-state index in [1.807, 2.05) is 12.1 Å². The van der Waals surface area contributed by atoms with Gasteiger partial charge in [0, 0.05) is 30.5 Å². The fourth-order valence-corrected chi connectivity index (χ4v) is 9.60. The van der Waals surface area contributed by atoms with E-state index in [-0.39, 0.29) is 11.5 Å². The molecule has 0 aliphatic heterocycles. The van der Waals surface area contributed by atoms with Gasteiger partial charge in [0.1, 0.15) is 5.75 Å². The number of rotatable bonds is 17. The van der Waals surface area contributed by atoms with Crippen LogP contribution in [-0.2, 0) is 12.8 Å². The molecule has 6 atom stereocenters. The zero-order valence-corrected chi connectivity index (χ0v) is 28.5. The molecule has 244 valence electrons. The Kier molecular flexibility index (Phi) is 12.6. The van der Waals surface area contributed by atoms with Gasteiger partial charge in [-0.3, -0.25) is 0 Å². The van der Waals surface area contributed by atoms with Crippen LogP contribution in [0.5, 0.6) is 5.75 Å². The van der Waals surface area contributed by atoms with E-state index in [0.717, 1.165) is 51.9 Å². The lowest BCUT2D eigenvalue weighted by atomic mass is 9.52. The molecule has 0 heterocycles. The number of hydrogen-bond acceptors (Lipinski definition) is 4. The van der Waals surface area contributed by atoms with E-state index in [1.165, 1.54) is 80.2 Å². The van der Waals surface area contributed by atoms with E-state index in [1.54, 1.807) is 0 Å². The Labute approximate surface area is 276 Å². The molecule has 2 saturated carbocycles. The highest BCUT2D eigenvalue weighted by Crippen LogP contribution is 2.62. The molecule has 3 aliphatic carbocycles. The quantitative estimate of drug-likeness (QED) is 0.119.